The third kappa shape index (κ3) is 2.83. The van der Waals surface area contributed by atoms with Crippen molar-refractivity contribution >= 4 is 10.9 Å². The molecular formula is C21H26N2O2. The van der Waals surface area contributed by atoms with Crippen molar-refractivity contribution < 1.29 is 9.47 Å². The second-order valence-electron chi connectivity index (χ2n) is 7.19. The number of ether oxygens (including phenoxy) is 2. The molecule has 0 amide bonds. The fourth-order valence-electron chi connectivity index (χ4n) is 4.74. The molecule has 4 nitrogen and oxygen atoms in total. The van der Waals surface area contributed by atoms with Crippen molar-refractivity contribution in [3.05, 3.63) is 48.7 Å². The zero-order valence-corrected chi connectivity index (χ0v) is 15.0. The van der Waals surface area contributed by atoms with Crippen LogP contribution < -0.4 is 4.74 Å². The number of pyridine rings is 1. The average Bonchev–Trinajstić information content (AvgIpc) is 2.94. The molecule has 4 heterocycles. The predicted molar refractivity (Wildman–Crippen MR) is 99.8 cm³/mol. The Kier molecular flexibility index (Phi) is 4.48. The van der Waals surface area contributed by atoms with E-state index in [0.29, 0.717) is 17.8 Å². The molecule has 0 N–H and O–H groups in total. The van der Waals surface area contributed by atoms with Gasteiger partial charge in [0.25, 0.3) is 0 Å². The number of benzene rings is 1. The van der Waals surface area contributed by atoms with E-state index >= 15 is 0 Å². The molecule has 25 heavy (non-hydrogen) atoms. The number of methoxy groups -OCH3 is 2. The first kappa shape index (κ1) is 16.6. The van der Waals surface area contributed by atoms with Gasteiger partial charge in [-0.05, 0) is 54.5 Å². The van der Waals surface area contributed by atoms with E-state index in [1.807, 2.05) is 25.4 Å². The van der Waals surface area contributed by atoms with Crippen molar-refractivity contribution in [1.82, 2.24) is 9.88 Å². The lowest BCUT2D eigenvalue weighted by Gasteiger charge is -2.36. The minimum Gasteiger partial charge on any atom is -0.497 e. The maximum absolute atomic E-state index is 6.01. The van der Waals surface area contributed by atoms with Crippen LogP contribution in [0.4, 0.5) is 0 Å². The van der Waals surface area contributed by atoms with Crippen molar-refractivity contribution in [2.45, 2.75) is 25.0 Å². The summed E-state index contributed by atoms with van der Waals surface area (Å²) in [5.74, 6) is 2.43. The van der Waals surface area contributed by atoms with Crippen LogP contribution in [-0.2, 0) is 4.74 Å². The van der Waals surface area contributed by atoms with Crippen LogP contribution in [-0.4, -0.2) is 43.4 Å². The molecule has 1 aromatic carbocycles. The smallest absolute Gasteiger partial charge is 0.119 e. The van der Waals surface area contributed by atoms with Crippen LogP contribution in [0.2, 0.25) is 0 Å². The Morgan fingerprint density at radius 2 is 2.16 bits per heavy atom. The van der Waals surface area contributed by atoms with E-state index in [-0.39, 0.29) is 6.23 Å². The molecule has 2 bridgehead atoms. The van der Waals surface area contributed by atoms with Gasteiger partial charge in [0.15, 0.2) is 0 Å². The molecule has 4 heteroatoms. The van der Waals surface area contributed by atoms with E-state index in [9.17, 15) is 0 Å². The van der Waals surface area contributed by atoms with Crippen LogP contribution >= 0.6 is 0 Å². The third-order valence-corrected chi connectivity index (χ3v) is 6.02. The second kappa shape index (κ2) is 6.77. The quantitative estimate of drug-likeness (QED) is 0.794. The Labute approximate surface area is 149 Å². The van der Waals surface area contributed by atoms with E-state index in [2.05, 4.69) is 34.7 Å². The van der Waals surface area contributed by atoms with Crippen LogP contribution in [0.15, 0.2) is 43.1 Å². The molecule has 5 rings (SSSR count). The molecule has 0 radical (unpaired) electrons. The molecule has 3 aliphatic heterocycles. The van der Waals surface area contributed by atoms with Crippen molar-refractivity contribution in [2.75, 3.05) is 27.3 Å². The van der Waals surface area contributed by atoms with Crippen molar-refractivity contribution in [2.24, 2.45) is 11.8 Å². The monoisotopic (exact) mass is 338 g/mol. The van der Waals surface area contributed by atoms with Gasteiger partial charge in [-0.2, -0.15) is 0 Å². The fraction of sp³-hybridized carbons (Fsp3) is 0.476. The van der Waals surface area contributed by atoms with E-state index in [1.165, 1.54) is 17.4 Å². The summed E-state index contributed by atoms with van der Waals surface area (Å²) in [4.78, 5) is 7.04. The Hall–Kier alpha value is -1.91. The summed E-state index contributed by atoms with van der Waals surface area (Å²) in [5, 5.41) is 1.17. The molecule has 1 aromatic heterocycles. The molecule has 3 aliphatic rings. The highest BCUT2D eigenvalue weighted by Gasteiger charge is 2.42. The number of hydrogen-bond donors (Lipinski definition) is 0. The summed E-state index contributed by atoms with van der Waals surface area (Å²) < 4.78 is 11.5. The van der Waals surface area contributed by atoms with E-state index in [4.69, 9.17) is 9.47 Å². The summed E-state index contributed by atoms with van der Waals surface area (Å²) >= 11 is 0. The normalized spacial score (nSPS) is 31.7. The summed E-state index contributed by atoms with van der Waals surface area (Å²) in [6.07, 6.45) is 6.51. The lowest BCUT2D eigenvalue weighted by atomic mass is 9.80. The molecule has 132 valence electrons. The molecule has 3 fully saturated rings. The number of rotatable bonds is 4. The van der Waals surface area contributed by atoms with E-state index in [1.54, 1.807) is 7.11 Å². The molecule has 3 saturated heterocycles. The molecule has 0 aliphatic carbocycles. The number of nitrogens with zero attached hydrogens (tertiary/aromatic N) is 2. The van der Waals surface area contributed by atoms with Crippen LogP contribution in [0.3, 0.4) is 0 Å². The number of hydrogen-bond acceptors (Lipinski definition) is 4. The first-order valence-corrected chi connectivity index (χ1v) is 9.07. The van der Waals surface area contributed by atoms with E-state index in [0.717, 1.165) is 30.8 Å². The number of aromatic nitrogens is 1. The molecular weight excluding hydrogens is 312 g/mol. The molecule has 0 spiro atoms. The number of piperidine rings is 1. The van der Waals surface area contributed by atoms with Gasteiger partial charge in [0.2, 0.25) is 0 Å². The Bertz CT molecular complexity index is 776. The van der Waals surface area contributed by atoms with Crippen LogP contribution in [0.1, 0.15) is 24.3 Å². The SMILES string of the molecule is C=C[C@H]1CN2CC[C@H]1C[C@H](c1ccnc3ccc(OC)cc13)[C@H]2OC. The summed E-state index contributed by atoms with van der Waals surface area (Å²) in [6.45, 7) is 6.23. The number of fused-ring (bicyclic) bond motifs is 5. The van der Waals surface area contributed by atoms with Gasteiger partial charge >= 0.3 is 0 Å². The highest BCUT2D eigenvalue weighted by atomic mass is 16.5. The molecule has 1 unspecified atom stereocenters. The van der Waals surface area contributed by atoms with E-state index < -0.39 is 0 Å². The highest BCUT2D eigenvalue weighted by Crippen LogP contribution is 2.44. The fourth-order valence-corrected chi connectivity index (χ4v) is 4.74. The van der Waals surface area contributed by atoms with Gasteiger partial charge < -0.3 is 9.47 Å². The van der Waals surface area contributed by atoms with Gasteiger partial charge in [-0.1, -0.05) is 6.08 Å². The molecule has 2 aromatic rings. The Balaban J connectivity index is 1.82. The molecule has 0 saturated carbocycles. The second-order valence-corrected chi connectivity index (χ2v) is 7.19. The Morgan fingerprint density at radius 1 is 1.28 bits per heavy atom. The van der Waals surface area contributed by atoms with Crippen molar-refractivity contribution in [3.63, 3.8) is 0 Å². The first-order valence-electron chi connectivity index (χ1n) is 9.07. The van der Waals surface area contributed by atoms with Crippen molar-refractivity contribution in [3.8, 4) is 5.75 Å². The van der Waals surface area contributed by atoms with Gasteiger partial charge in [0.1, 0.15) is 12.0 Å². The average molecular weight is 338 g/mol. The van der Waals surface area contributed by atoms with Crippen LogP contribution in [0, 0.1) is 11.8 Å². The standard InChI is InChI=1S/C21H26N2O2/c1-4-14-13-23-10-8-15(14)11-19(21(23)25-3)17-7-9-22-20-6-5-16(24-2)12-18(17)20/h4-7,9,12,14-15,19,21H,1,8,10-11,13H2,2-3H3/t14-,15-,19+,21+/m0/s1. The zero-order valence-electron chi connectivity index (χ0n) is 15.0. The van der Waals surface area contributed by atoms with Gasteiger partial charge in [-0.3, -0.25) is 9.88 Å². The summed E-state index contributed by atoms with van der Waals surface area (Å²) in [7, 11) is 3.55. The zero-order chi connectivity index (χ0) is 17.4. The molecule has 5 atom stereocenters. The maximum Gasteiger partial charge on any atom is 0.119 e. The topological polar surface area (TPSA) is 34.6 Å². The van der Waals surface area contributed by atoms with Gasteiger partial charge in [-0.25, -0.2) is 0 Å². The van der Waals surface area contributed by atoms with Gasteiger partial charge in [-0.15, -0.1) is 6.58 Å². The summed E-state index contributed by atoms with van der Waals surface area (Å²) in [5.41, 5.74) is 2.33. The van der Waals surface area contributed by atoms with Crippen LogP contribution in [0.25, 0.3) is 10.9 Å². The van der Waals surface area contributed by atoms with Gasteiger partial charge in [0.05, 0.1) is 12.6 Å². The van der Waals surface area contributed by atoms with Gasteiger partial charge in [0, 0.05) is 37.7 Å². The summed E-state index contributed by atoms with van der Waals surface area (Å²) in [6, 6.07) is 8.28. The largest absolute Gasteiger partial charge is 0.497 e. The first-order chi connectivity index (χ1) is 12.2. The lowest BCUT2D eigenvalue weighted by molar-refractivity contribution is -0.0486. The van der Waals surface area contributed by atoms with Crippen LogP contribution in [0.5, 0.6) is 5.75 Å². The Morgan fingerprint density at radius 3 is 2.92 bits per heavy atom. The third-order valence-electron chi connectivity index (χ3n) is 6.02. The van der Waals surface area contributed by atoms with Crippen molar-refractivity contribution in [1.29, 1.82) is 0 Å². The predicted octanol–water partition coefficient (Wildman–Crippen LogP) is 3.83. The maximum atomic E-state index is 6.01. The highest BCUT2D eigenvalue weighted by molar-refractivity contribution is 5.84. The minimum absolute atomic E-state index is 0.103. The lowest BCUT2D eigenvalue weighted by Crippen LogP contribution is -2.44. The minimum atomic E-state index is 0.103.